The first-order valence-corrected chi connectivity index (χ1v) is 10.7. The minimum Gasteiger partial charge on any atom is -0.206 e. The topological polar surface area (TPSA) is 0 Å². The van der Waals surface area contributed by atoms with Gasteiger partial charge < -0.3 is 0 Å². The molecule has 0 amide bonds. The normalized spacial score (nSPS) is 17.8. The summed E-state index contributed by atoms with van der Waals surface area (Å²) in [4.78, 5) is 0. The summed E-state index contributed by atoms with van der Waals surface area (Å²) in [5, 5.41) is 0.124. The van der Waals surface area contributed by atoms with E-state index < -0.39 is 29.1 Å². The highest BCUT2D eigenvalue weighted by molar-refractivity contribution is 5.90. The van der Waals surface area contributed by atoms with Crippen molar-refractivity contribution in [2.45, 2.75) is 25.7 Å². The monoisotopic (exact) mass is 452 g/mol. The summed E-state index contributed by atoms with van der Waals surface area (Å²) >= 11 is 0. The summed E-state index contributed by atoms with van der Waals surface area (Å²) in [6.45, 7) is 3.84. The zero-order chi connectivity index (χ0) is 23.5. The Labute approximate surface area is 189 Å². The third kappa shape index (κ3) is 5.01. The Bertz CT molecular complexity index is 1300. The fourth-order valence-corrected chi connectivity index (χ4v) is 4.27. The van der Waals surface area contributed by atoms with Gasteiger partial charge in [0.25, 0.3) is 6.08 Å². The Balaban J connectivity index is 1.61. The van der Waals surface area contributed by atoms with E-state index in [1.165, 1.54) is 24.3 Å². The van der Waals surface area contributed by atoms with Gasteiger partial charge in [0.15, 0.2) is 0 Å². The maximum Gasteiger partial charge on any atom is 0.271 e. The highest BCUT2D eigenvalue weighted by Crippen LogP contribution is 2.32. The Kier molecular flexibility index (Phi) is 6.65. The summed E-state index contributed by atoms with van der Waals surface area (Å²) < 4.78 is 68.6. The van der Waals surface area contributed by atoms with E-state index in [0.717, 1.165) is 31.7 Å². The molecule has 3 aromatic carbocycles. The lowest BCUT2D eigenvalue weighted by atomic mass is 9.82. The molecule has 0 saturated heterocycles. The third-order valence-corrected chi connectivity index (χ3v) is 6.12. The molecule has 4 rings (SSSR count). The quantitative estimate of drug-likeness (QED) is 0.212. The molecule has 0 radical (unpaired) electrons. The van der Waals surface area contributed by atoms with Crippen LogP contribution in [-0.4, -0.2) is 0 Å². The standard InChI is InChI=1S/C28H21F5/c1-2-17-3-5-18(6-4-17)7-8-19-9-11-22(25(29)13-19)20-10-12-23-21(14-20)15-26(30)24(28(23)33)16-27(31)32/h2,9-18H,1,3-6H2. The lowest BCUT2D eigenvalue weighted by Crippen LogP contribution is -2.11. The van der Waals surface area contributed by atoms with Gasteiger partial charge in [-0.25, -0.2) is 13.2 Å². The predicted octanol–water partition coefficient (Wildman–Crippen LogP) is 8.51. The predicted molar refractivity (Wildman–Crippen MR) is 122 cm³/mol. The highest BCUT2D eigenvalue weighted by atomic mass is 19.3. The number of allylic oxidation sites excluding steroid dienone is 1. The van der Waals surface area contributed by atoms with Crippen molar-refractivity contribution in [3.8, 4) is 23.0 Å². The molecule has 168 valence electrons. The number of rotatable bonds is 3. The van der Waals surface area contributed by atoms with E-state index in [0.29, 0.717) is 23.0 Å². The van der Waals surface area contributed by atoms with Crippen molar-refractivity contribution < 1.29 is 22.0 Å². The molecule has 0 bridgehead atoms. The highest BCUT2D eigenvalue weighted by Gasteiger charge is 2.17. The SMILES string of the molecule is C=CC1CCC(C#Cc2ccc(-c3ccc4c(F)c(C=C(F)F)c(F)cc4c3)c(F)c2)CC1. The van der Waals surface area contributed by atoms with Crippen LogP contribution in [0, 0.1) is 41.1 Å². The number of fused-ring (bicyclic) bond motifs is 1. The minimum absolute atomic E-state index is 0.0262. The number of benzene rings is 3. The second kappa shape index (κ2) is 9.62. The van der Waals surface area contributed by atoms with Crippen LogP contribution >= 0.6 is 0 Å². The minimum atomic E-state index is -2.20. The smallest absolute Gasteiger partial charge is 0.206 e. The van der Waals surface area contributed by atoms with Gasteiger partial charge in [0.05, 0.1) is 5.56 Å². The van der Waals surface area contributed by atoms with Gasteiger partial charge in [0, 0.05) is 28.5 Å². The Morgan fingerprint density at radius 2 is 1.67 bits per heavy atom. The average molecular weight is 452 g/mol. The Morgan fingerprint density at radius 3 is 2.33 bits per heavy atom. The maximum absolute atomic E-state index is 14.8. The summed E-state index contributed by atoms with van der Waals surface area (Å²) in [6, 6.07) is 9.85. The van der Waals surface area contributed by atoms with E-state index in [1.807, 2.05) is 6.08 Å². The van der Waals surface area contributed by atoms with Crippen LogP contribution in [0.25, 0.3) is 28.0 Å². The lowest BCUT2D eigenvalue weighted by Gasteiger charge is -2.22. The van der Waals surface area contributed by atoms with Crippen LogP contribution in [0.15, 0.2) is 61.2 Å². The second-order valence-corrected chi connectivity index (χ2v) is 8.27. The molecule has 3 aromatic rings. The van der Waals surface area contributed by atoms with Gasteiger partial charge in [-0.15, -0.1) is 6.58 Å². The molecule has 1 aliphatic rings. The molecule has 0 nitrogen and oxygen atoms in total. The molecule has 33 heavy (non-hydrogen) atoms. The first-order valence-electron chi connectivity index (χ1n) is 10.7. The van der Waals surface area contributed by atoms with Crippen LogP contribution < -0.4 is 0 Å². The van der Waals surface area contributed by atoms with Crippen molar-refractivity contribution in [2.75, 3.05) is 0 Å². The molecule has 1 saturated carbocycles. The van der Waals surface area contributed by atoms with E-state index in [2.05, 4.69) is 18.4 Å². The summed E-state index contributed by atoms with van der Waals surface area (Å²) in [6.07, 6.45) is 4.10. The number of hydrogen-bond acceptors (Lipinski definition) is 0. The molecule has 5 heteroatoms. The van der Waals surface area contributed by atoms with Crippen LogP contribution in [0.1, 0.15) is 36.8 Å². The summed E-state index contributed by atoms with van der Waals surface area (Å²) in [5.41, 5.74) is 0.432. The molecule has 0 N–H and O–H groups in total. The molecule has 0 aliphatic heterocycles. The molecular formula is C28H21F5. The molecule has 0 heterocycles. The van der Waals surface area contributed by atoms with E-state index in [-0.39, 0.29) is 22.4 Å². The average Bonchev–Trinajstić information content (AvgIpc) is 2.80. The van der Waals surface area contributed by atoms with Gasteiger partial charge in [-0.3, -0.25) is 0 Å². The lowest BCUT2D eigenvalue weighted by molar-refractivity contribution is 0.365. The largest absolute Gasteiger partial charge is 0.271 e. The van der Waals surface area contributed by atoms with E-state index in [4.69, 9.17) is 0 Å². The molecular weight excluding hydrogens is 431 g/mol. The van der Waals surface area contributed by atoms with Crippen molar-refractivity contribution in [3.05, 3.63) is 89.8 Å². The Hall–Kier alpha value is -3.39. The van der Waals surface area contributed by atoms with Crippen LogP contribution in [0.2, 0.25) is 0 Å². The molecule has 0 unspecified atom stereocenters. The van der Waals surface area contributed by atoms with Crippen LogP contribution in [0.4, 0.5) is 22.0 Å². The van der Waals surface area contributed by atoms with E-state index in [9.17, 15) is 22.0 Å². The van der Waals surface area contributed by atoms with Crippen LogP contribution in [0.5, 0.6) is 0 Å². The third-order valence-electron chi connectivity index (χ3n) is 6.12. The number of hydrogen-bond donors (Lipinski definition) is 0. The van der Waals surface area contributed by atoms with Gasteiger partial charge in [0.2, 0.25) is 0 Å². The first-order chi connectivity index (χ1) is 15.9. The van der Waals surface area contributed by atoms with Crippen LogP contribution in [-0.2, 0) is 0 Å². The number of halogens is 5. The molecule has 1 aliphatic carbocycles. The van der Waals surface area contributed by atoms with E-state index in [1.54, 1.807) is 12.1 Å². The second-order valence-electron chi connectivity index (χ2n) is 8.27. The zero-order valence-corrected chi connectivity index (χ0v) is 17.8. The van der Waals surface area contributed by atoms with Crippen molar-refractivity contribution in [2.24, 2.45) is 11.8 Å². The first kappa shape index (κ1) is 22.8. The van der Waals surface area contributed by atoms with Crippen molar-refractivity contribution in [3.63, 3.8) is 0 Å². The maximum atomic E-state index is 14.8. The molecule has 0 atom stereocenters. The Morgan fingerprint density at radius 1 is 0.909 bits per heavy atom. The van der Waals surface area contributed by atoms with Crippen molar-refractivity contribution in [1.29, 1.82) is 0 Å². The molecule has 1 fully saturated rings. The van der Waals surface area contributed by atoms with E-state index >= 15 is 0 Å². The molecule has 0 aromatic heterocycles. The van der Waals surface area contributed by atoms with Crippen LogP contribution in [0.3, 0.4) is 0 Å². The van der Waals surface area contributed by atoms with Gasteiger partial charge in [-0.05, 0) is 66.8 Å². The summed E-state index contributed by atoms with van der Waals surface area (Å²) in [5.74, 6) is 4.43. The molecule has 0 spiro atoms. The van der Waals surface area contributed by atoms with Gasteiger partial charge in [-0.1, -0.05) is 36.1 Å². The zero-order valence-electron chi connectivity index (χ0n) is 17.8. The van der Waals surface area contributed by atoms with Gasteiger partial charge in [0.1, 0.15) is 17.5 Å². The summed E-state index contributed by atoms with van der Waals surface area (Å²) in [7, 11) is 0. The fraction of sp³-hybridized carbons (Fsp3) is 0.214. The van der Waals surface area contributed by atoms with Gasteiger partial charge in [-0.2, -0.15) is 8.78 Å². The fourth-order valence-electron chi connectivity index (χ4n) is 4.27. The van der Waals surface area contributed by atoms with Gasteiger partial charge >= 0.3 is 0 Å². The van der Waals surface area contributed by atoms with Crippen molar-refractivity contribution in [1.82, 2.24) is 0 Å². The van der Waals surface area contributed by atoms with Crippen molar-refractivity contribution >= 4 is 16.8 Å².